The van der Waals surface area contributed by atoms with Crippen LogP contribution in [-0.2, 0) is 16.6 Å². The summed E-state index contributed by atoms with van der Waals surface area (Å²) in [6, 6.07) is 13.3. The number of nitrogens with one attached hydrogen (secondary N) is 1. The van der Waals surface area contributed by atoms with Gasteiger partial charge in [-0.1, -0.05) is 30.3 Å². The lowest BCUT2D eigenvalue weighted by Gasteiger charge is -2.36. The second-order valence-corrected chi connectivity index (χ2v) is 8.34. The van der Waals surface area contributed by atoms with Crippen molar-refractivity contribution in [3.8, 4) is 0 Å². The summed E-state index contributed by atoms with van der Waals surface area (Å²) in [6.45, 7) is 5.93. The number of aliphatic imine (C=N–C) groups is 1. The first-order valence-corrected chi connectivity index (χ1v) is 11.4. The van der Waals surface area contributed by atoms with E-state index >= 15 is 0 Å². The molecule has 29 heavy (non-hydrogen) atoms. The van der Waals surface area contributed by atoms with Crippen LogP contribution < -0.4 is 5.32 Å². The monoisotopic (exact) mass is 416 g/mol. The Bertz CT molecular complexity index is 816. The van der Waals surface area contributed by atoms with Gasteiger partial charge in [-0.3, -0.25) is 14.0 Å². The molecule has 1 unspecified atom stereocenters. The van der Waals surface area contributed by atoms with Crippen LogP contribution >= 0.6 is 0 Å². The maximum absolute atomic E-state index is 12.4. The average molecular weight is 417 g/mol. The van der Waals surface area contributed by atoms with Crippen LogP contribution in [0.4, 0.5) is 0 Å². The lowest BCUT2D eigenvalue weighted by molar-refractivity contribution is 0.0657. The summed E-state index contributed by atoms with van der Waals surface area (Å²) in [5, 5.41) is 3.30. The van der Waals surface area contributed by atoms with Gasteiger partial charge in [-0.25, -0.2) is 0 Å². The van der Waals surface area contributed by atoms with Crippen LogP contribution in [0.2, 0.25) is 0 Å². The predicted molar refractivity (Wildman–Crippen MR) is 115 cm³/mol. The van der Waals surface area contributed by atoms with Crippen molar-refractivity contribution >= 4 is 22.7 Å². The SMILES string of the molecule is CCNC(=NCCS(=O)Cc1ccccc1)N1CCN(C(=O)c2ccco2)CC1. The van der Waals surface area contributed by atoms with Gasteiger partial charge < -0.3 is 19.5 Å². The lowest BCUT2D eigenvalue weighted by Crippen LogP contribution is -2.53. The average Bonchev–Trinajstić information content (AvgIpc) is 3.28. The van der Waals surface area contributed by atoms with E-state index in [1.165, 1.54) is 6.26 Å². The summed E-state index contributed by atoms with van der Waals surface area (Å²) in [4.78, 5) is 21.0. The Kier molecular flexibility index (Phi) is 7.86. The van der Waals surface area contributed by atoms with Crippen LogP contribution in [0.5, 0.6) is 0 Å². The largest absolute Gasteiger partial charge is 0.459 e. The third-order valence-corrected chi connectivity index (χ3v) is 5.98. The summed E-state index contributed by atoms with van der Waals surface area (Å²) in [6.07, 6.45) is 1.52. The standard InChI is InChI=1S/C21H28N4O3S/c1-2-22-21(23-10-16-29(27)17-18-7-4-3-5-8-18)25-13-11-24(12-14-25)20(26)19-9-6-15-28-19/h3-9,15H,2,10-14,16-17H2,1H3,(H,22,23). The molecule has 2 heterocycles. The number of benzene rings is 1. The highest BCUT2D eigenvalue weighted by Gasteiger charge is 2.25. The minimum Gasteiger partial charge on any atom is -0.459 e. The maximum Gasteiger partial charge on any atom is 0.289 e. The Balaban J connectivity index is 1.49. The summed E-state index contributed by atoms with van der Waals surface area (Å²) in [5.74, 6) is 2.20. The first-order chi connectivity index (χ1) is 14.2. The van der Waals surface area contributed by atoms with E-state index in [1.807, 2.05) is 37.3 Å². The van der Waals surface area contributed by atoms with Gasteiger partial charge in [0, 0.05) is 55.0 Å². The molecule has 1 aliphatic rings. The Morgan fingerprint density at radius 2 is 1.83 bits per heavy atom. The Morgan fingerprint density at radius 1 is 1.10 bits per heavy atom. The molecule has 1 aromatic heterocycles. The van der Waals surface area contributed by atoms with Gasteiger partial charge in [-0.05, 0) is 24.6 Å². The molecule has 1 aromatic carbocycles. The van der Waals surface area contributed by atoms with E-state index in [4.69, 9.17) is 4.42 Å². The highest BCUT2D eigenvalue weighted by molar-refractivity contribution is 7.84. The van der Waals surface area contributed by atoms with E-state index < -0.39 is 10.8 Å². The summed E-state index contributed by atoms with van der Waals surface area (Å²) in [5.41, 5.74) is 1.08. The quantitative estimate of drug-likeness (QED) is 0.551. The second-order valence-electron chi connectivity index (χ2n) is 6.77. The summed E-state index contributed by atoms with van der Waals surface area (Å²) < 4.78 is 17.5. The molecule has 2 aromatic rings. The number of hydrogen-bond donors (Lipinski definition) is 1. The molecule has 7 nitrogen and oxygen atoms in total. The molecule has 3 rings (SSSR count). The summed E-state index contributed by atoms with van der Waals surface area (Å²) in [7, 11) is -0.942. The van der Waals surface area contributed by atoms with Gasteiger partial charge in [0.1, 0.15) is 0 Å². The minimum atomic E-state index is -0.942. The van der Waals surface area contributed by atoms with Crippen LogP contribution in [0.15, 0.2) is 58.1 Å². The molecule has 0 radical (unpaired) electrons. The molecule has 8 heteroatoms. The normalized spacial score (nSPS) is 16.0. The Morgan fingerprint density at radius 3 is 2.48 bits per heavy atom. The molecule has 1 fully saturated rings. The van der Waals surface area contributed by atoms with Gasteiger partial charge in [0.2, 0.25) is 0 Å². The number of carbonyl (C=O) groups excluding carboxylic acids is 1. The van der Waals surface area contributed by atoms with Gasteiger partial charge in [-0.2, -0.15) is 0 Å². The second kappa shape index (κ2) is 10.8. The first-order valence-electron chi connectivity index (χ1n) is 9.92. The van der Waals surface area contributed by atoms with Gasteiger partial charge in [0.15, 0.2) is 11.7 Å². The number of rotatable bonds is 7. The van der Waals surface area contributed by atoms with Crippen LogP contribution in [0.3, 0.4) is 0 Å². The molecule has 1 atom stereocenters. The molecule has 0 saturated carbocycles. The highest BCUT2D eigenvalue weighted by atomic mass is 32.2. The number of guanidine groups is 1. The molecule has 156 valence electrons. The molecule has 0 spiro atoms. The molecular weight excluding hydrogens is 388 g/mol. The zero-order chi connectivity index (χ0) is 20.5. The van der Waals surface area contributed by atoms with Crippen LogP contribution in [-0.4, -0.2) is 70.9 Å². The first kappa shape index (κ1) is 21.1. The third-order valence-electron chi connectivity index (χ3n) is 4.68. The van der Waals surface area contributed by atoms with Crippen LogP contribution in [0, 0.1) is 0 Å². The van der Waals surface area contributed by atoms with Crippen molar-refractivity contribution in [1.82, 2.24) is 15.1 Å². The van der Waals surface area contributed by atoms with Crippen molar-refractivity contribution in [2.75, 3.05) is 45.0 Å². The highest BCUT2D eigenvalue weighted by Crippen LogP contribution is 2.10. The predicted octanol–water partition coefficient (Wildman–Crippen LogP) is 1.95. The maximum atomic E-state index is 12.4. The fraction of sp³-hybridized carbons (Fsp3) is 0.429. The van der Waals surface area contributed by atoms with Crippen molar-refractivity contribution in [3.63, 3.8) is 0 Å². The van der Waals surface area contributed by atoms with E-state index in [0.717, 1.165) is 18.1 Å². The molecule has 0 bridgehead atoms. The van der Waals surface area contributed by atoms with E-state index in [0.29, 0.717) is 50.0 Å². The van der Waals surface area contributed by atoms with E-state index in [-0.39, 0.29) is 5.91 Å². The number of amides is 1. The van der Waals surface area contributed by atoms with Gasteiger partial charge >= 0.3 is 0 Å². The van der Waals surface area contributed by atoms with E-state index in [9.17, 15) is 9.00 Å². The molecule has 1 N–H and O–H groups in total. The lowest BCUT2D eigenvalue weighted by atomic mass is 10.2. The topological polar surface area (TPSA) is 78.2 Å². The Hall–Kier alpha value is -2.61. The smallest absolute Gasteiger partial charge is 0.289 e. The third kappa shape index (κ3) is 6.19. The molecule has 0 aliphatic carbocycles. The van der Waals surface area contributed by atoms with Crippen molar-refractivity contribution in [1.29, 1.82) is 0 Å². The van der Waals surface area contributed by atoms with Gasteiger partial charge in [0.05, 0.1) is 12.8 Å². The van der Waals surface area contributed by atoms with E-state index in [2.05, 4.69) is 15.2 Å². The zero-order valence-corrected chi connectivity index (χ0v) is 17.6. The zero-order valence-electron chi connectivity index (χ0n) is 16.8. The molecule has 1 amide bonds. The minimum absolute atomic E-state index is 0.0760. The number of nitrogens with zero attached hydrogens (tertiary/aromatic N) is 3. The Labute approximate surface area is 174 Å². The summed E-state index contributed by atoms with van der Waals surface area (Å²) >= 11 is 0. The number of piperazine rings is 1. The van der Waals surface area contributed by atoms with Crippen molar-refractivity contribution < 1.29 is 13.4 Å². The van der Waals surface area contributed by atoms with Crippen molar-refractivity contribution in [3.05, 3.63) is 60.1 Å². The van der Waals surface area contributed by atoms with Gasteiger partial charge in [-0.15, -0.1) is 0 Å². The number of carbonyl (C=O) groups is 1. The fourth-order valence-electron chi connectivity index (χ4n) is 3.19. The van der Waals surface area contributed by atoms with Crippen molar-refractivity contribution in [2.24, 2.45) is 4.99 Å². The van der Waals surface area contributed by atoms with Crippen LogP contribution in [0.1, 0.15) is 23.0 Å². The number of hydrogen-bond acceptors (Lipinski definition) is 4. The van der Waals surface area contributed by atoms with Crippen molar-refractivity contribution in [2.45, 2.75) is 12.7 Å². The van der Waals surface area contributed by atoms with E-state index in [1.54, 1.807) is 17.0 Å². The molecular formula is C21H28N4O3S. The fourth-order valence-corrected chi connectivity index (χ4v) is 4.19. The molecule has 1 aliphatic heterocycles. The number of furan rings is 1. The van der Waals surface area contributed by atoms with Crippen LogP contribution in [0.25, 0.3) is 0 Å². The molecule has 1 saturated heterocycles. The van der Waals surface area contributed by atoms with Gasteiger partial charge in [0.25, 0.3) is 5.91 Å².